The van der Waals surface area contributed by atoms with E-state index in [1.807, 2.05) is 13.8 Å². The number of halogens is 1. The van der Waals surface area contributed by atoms with Crippen molar-refractivity contribution in [2.45, 2.75) is 45.2 Å². The Balaban J connectivity index is 2.46. The van der Waals surface area contributed by atoms with Gasteiger partial charge in [0.15, 0.2) is 11.6 Å². The van der Waals surface area contributed by atoms with Crippen LogP contribution in [0, 0.1) is 5.82 Å². The summed E-state index contributed by atoms with van der Waals surface area (Å²) in [5.41, 5.74) is 4.66. The summed E-state index contributed by atoms with van der Waals surface area (Å²) in [6.07, 6.45) is 1.14. The van der Waals surface area contributed by atoms with Gasteiger partial charge in [0.25, 0.3) is 0 Å². The van der Waals surface area contributed by atoms with E-state index in [2.05, 4.69) is 5.32 Å². The largest absolute Gasteiger partial charge is 0.491 e. The molecule has 5 heteroatoms. The summed E-state index contributed by atoms with van der Waals surface area (Å²) in [7, 11) is 0. The molecule has 1 rings (SSSR count). The Bertz CT molecular complexity index is 451. The Morgan fingerprint density at radius 3 is 2.65 bits per heavy atom. The first-order valence-electron chi connectivity index (χ1n) is 6.80. The molecule has 0 spiro atoms. The van der Waals surface area contributed by atoms with Gasteiger partial charge in [0.2, 0.25) is 5.91 Å². The van der Waals surface area contributed by atoms with Crippen LogP contribution >= 0.6 is 0 Å². The monoisotopic (exact) mass is 282 g/mol. The van der Waals surface area contributed by atoms with Gasteiger partial charge in [0.1, 0.15) is 0 Å². The van der Waals surface area contributed by atoms with Crippen molar-refractivity contribution in [3.8, 4) is 5.75 Å². The Labute approximate surface area is 119 Å². The number of hydrogen-bond donors (Lipinski definition) is 2. The van der Waals surface area contributed by atoms with E-state index >= 15 is 0 Å². The van der Waals surface area contributed by atoms with Gasteiger partial charge in [-0.05, 0) is 45.7 Å². The molecule has 1 amide bonds. The molecular formula is C15H23FN2O2. The zero-order valence-electron chi connectivity index (χ0n) is 12.3. The number of ether oxygens (including phenoxy) is 1. The first-order chi connectivity index (χ1) is 9.35. The maximum Gasteiger partial charge on any atom is 0.237 e. The van der Waals surface area contributed by atoms with Crippen LogP contribution in [0.15, 0.2) is 24.3 Å². The number of benzene rings is 1. The minimum Gasteiger partial charge on any atom is -0.491 e. The molecule has 112 valence electrons. The quantitative estimate of drug-likeness (QED) is 0.719. The smallest absolute Gasteiger partial charge is 0.237 e. The fourth-order valence-corrected chi connectivity index (χ4v) is 2.07. The number of carbonyl (C=O) groups is 1. The van der Waals surface area contributed by atoms with E-state index in [4.69, 9.17) is 10.5 Å². The number of nitrogens with two attached hydrogens (primary N) is 1. The summed E-state index contributed by atoms with van der Waals surface area (Å²) in [4.78, 5) is 11.5. The van der Waals surface area contributed by atoms with Gasteiger partial charge in [-0.25, -0.2) is 4.39 Å². The molecule has 0 aliphatic carbocycles. The molecule has 0 heterocycles. The lowest BCUT2D eigenvalue weighted by atomic mass is 9.94. The van der Waals surface area contributed by atoms with E-state index in [0.29, 0.717) is 19.4 Å². The van der Waals surface area contributed by atoms with Gasteiger partial charge < -0.3 is 15.8 Å². The Morgan fingerprint density at radius 1 is 1.45 bits per heavy atom. The second kappa shape index (κ2) is 7.24. The summed E-state index contributed by atoms with van der Waals surface area (Å²) in [6.45, 7) is 6.02. The average Bonchev–Trinajstić information content (AvgIpc) is 2.35. The molecule has 0 aliphatic heterocycles. The molecule has 1 unspecified atom stereocenters. The number of nitrogens with one attached hydrogen (secondary N) is 1. The van der Waals surface area contributed by atoms with Crippen LogP contribution in [0.25, 0.3) is 0 Å². The Hall–Kier alpha value is -1.62. The van der Waals surface area contributed by atoms with Gasteiger partial charge in [-0.2, -0.15) is 0 Å². The Morgan fingerprint density at radius 2 is 2.10 bits per heavy atom. The molecule has 0 aliphatic rings. The van der Waals surface area contributed by atoms with Gasteiger partial charge in [-0.15, -0.1) is 0 Å². The minimum absolute atomic E-state index is 0.153. The zero-order chi connectivity index (χ0) is 15.2. The van der Waals surface area contributed by atoms with Crippen LogP contribution in [-0.2, 0) is 4.79 Å². The fraction of sp³-hybridized carbons (Fsp3) is 0.533. The molecular weight excluding hydrogens is 259 g/mol. The minimum atomic E-state index is -0.771. The van der Waals surface area contributed by atoms with E-state index in [0.717, 1.165) is 0 Å². The van der Waals surface area contributed by atoms with Crippen LogP contribution in [-0.4, -0.2) is 24.1 Å². The predicted molar refractivity (Wildman–Crippen MR) is 77.0 cm³/mol. The van der Waals surface area contributed by atoms with Crippen molar-refractivity contribution in [1.29, 1.82) is 0 Å². The summed E-state index contributed by atoms with van der Waals surface area (Å²) >= 11 is 0. The van der Waals surface area contributed by atoms with Crippen molar-refractivity contribution in [2.75, 3.05) is 6.61 Å². The lowest BCUT2D eigenvalue weighted by Crippen LogP contribution is -2.55. The predicted octanol–water partition coefficient (Wildman–Crippen LogP) is 2.23. The summed E-state index contributed by atoms with van der Waals surface area (Å²) in [6, 6.07) is 6.41. The number of primary amides is 1. The standard InChI is InChI=1S/C15H23FN2O2/c1-11(2)18-15(3,14(17)19)9-6-10-20-13-8-5-4-7-12(13)16/h4-5,7-8,11,18H,6,9-10H2,1-3H3,(H2,17,19). The molecule has 1 aromatic carbocycles. The maximum absolute atomic E-state index is 13.3. The van der Waals surface area contributed by atoms with Crippen LogP contribution in [0.2, 0.25) is 0 Å². The summed E-state index contributed by atoms with van der Waals surface area (Å²) in [5, 5.41) is 3.16. The third-order valence-corrected chi connectivity index (χ3v) is 3.07. The van der Waals surface area contributed by atoms with Crippen LogP contribution in [0.3, 0.4) is 0 Å². The third kappa shape index (κ3) is 4.81. The first-order valence-corrected chi connectivity index (χ1v) is 6.80. The molecule has 0 saturated carbocycles. The van der Waals surface area contributed by atoms with Gasteiger partial charge >= 0.3 is 0 Å². The normalized spacial score (nSPS) is 14.1. The molecule has 1 atom stereocenters. The molecule has 0 fully saturated rings. The van der Waals surface area contributed by atoms with Crippen molar-refractivity contribution in [2.24, 2.45) is 5.73 Å². The van der Waals surface area contributed by atoms with E-state index in [1.54, 1.807) is 25.1 Å². The maximum atomic E-state index is 13.3. The lowest BCUT2D eigenvalue weighted by molar-refractivity contribution is -0.124. The van der Waals surface area contributed by atoms with Crippen molar-refractivity contribution in [3.63, 3.8) is 0 Å². The highest BCUT2D eigenvalue weighted by Crippen LogP contribution is 2.17. The van der Waals surface area contributed by atoms with Crippen molar-refractivity contribution >= 4 is 5.91 Å². The van der Waals surface area contributed by atoms with Gasteiger partial charge in [0, 0.05) is 6.04 Å². The third-order valence-electron chi connectivity index (χ3n) is 3.07. The Kier molecular flexibility index (Phi) is 5.95. The number of para-hydroxylation sites is 1. The van der Waals surface area contributed by atoms with Crippen LogP contribution < -0.4 is 15.8 Å². The first kappa shape index (κ1) is 16.4. The molecule has 0 saturated heterocycles. The van der Waals surface area contributed by atoms with Crippen molar-refractivity contribution in [1.82, 2.24) is 5.32 Å². The molecule has 0 aromatic heterocycles. The fourth-order valence-electron chi connectivity index (χ4n) is 2.07. The molecule has 3 N–H and O–H groups in total. The van der Waals surface area contributed by atoms with Gasteiger partial charge in [-0.1, -0.05) is 12.1 Å². The second-order valence-electron chi connectivity index (χ2n) is 5.38. The van der Waals surface area contributed by atoms with E-state index in [-0.39, 0.29) is 17.6 Å². The van der Waals surface area contributed by atoms with Crippen molar-refractivity contribution < 1.29 is 13.9 Å². The number of carbonyl (C=O) groups excluding carboxylic acids is 1. The molecule has 0 radical (unpaired) electrons. The zero-order valence-corrected chi connectivity index (χ0v) is 12.3. The van der Waals surface area contributed by atoms with Gasteiger partial charge in [0.05, 0.1) is 12.1 Å². The highest BCUT2D eigenvalue weighted by Gasteiger charge is 2.30. The summed E-state index contributed by atoms with van der Waals surface area (Å²) in [5.74, 6) is -0.548. The highest BCUT2D eigenvalue weighted by atomic mass is 19.1. The number of hydrogen-bond acceptors (Lipinski definition) is 3. The average molecular weight is 282 g/mol. The molecule has 4 nitrogen and oxygen atoms in total. The van der Waals surface area contributed by atoms with E-state index in [9.17, 15) is 9.18 Å². The van der Waals surface area contributed by atoms with Crippen LogP contribution in [0.1, 0.15) is 33.6 Å². The number of rotatable bonds is 8. The SMILES string of the molecule is CC(C)NC(C)(CCCOc1ccccc1F)C(N)=O. The van der Waals surface area contributed by atoms with Crippen molar-refractivity contribution in [3.05, 3.63) is 30.1 Å². The molecule has 20 heavy (non-hydrogen) atoms. The lowest BCUT2D eigenvalue weighted by Gasteiger charge is -2.29. The number of amides is 1. The summed E-state index contributed by atoms with van der Waals surface area (Å²) < 4.78 is 18.7. The molecule has 1 aromatic rings. The topological polar surface area (TPSA) is 64.3 Å². The van der Waals surface area contributed by atoms with E-state index in [1.165, 1.54) is 6.07 Å². The highest BCUT2D eigenvalue weighted by molar-refractivity contribution is 5.84. The van der Waals surface area contributed by atoms with E-state index < -0.39 is 11.4 Å². The van der Waals surface area contributed by atoms with Crippen LogP contribution in [0.4, 0.5) is 4.39 Å². The molecule has 0 bridgehead atoms. The van der Waals surface area contributed by atoms with Gasteiger partial charge in [-0.3, -0.25) is 4.79 Å². The van der Waals surface area contributed by atoms with Crippen LogP contribution in [0.5, 0.6) is 5.75 Å². The second-order valence-corrected chi connectivity index (χ2v) is 5.38.